The largest absolute Gasteiger partial charge is 0.321 e. The van der Waals surface area contributed by atoms with Gasteiger partial charge >= 0.3 is 0 Å². The maximum atomic E-state index is 6.16. The molecule has 0 aliphatic heterocycles. The standard InChI is InChI=1S/C11H20N2S2/c1-5-6-8-10(11(2,3)12)15-9(13-8)7-14-4/h5-7,12H2,1-4H3. The lowest BCUT2D eigenvalue weighted by molar-refractivity contribution is 0.557. The molecule has 1 aromatic rings. The van der Waals surface area contributed by atoms with Crippen LogP contribution in [0.5, 0.6) is 0 Å². The van der Waals surface area contributed by atoms with Crippen molar-refractivity contribution in [3.05, 3.63) is 15.6 Å². The molecule has 0 spiro atoms. The first-order valence-electron chi connectivity index (χ1n) is 5.26. The minimum atomic E-state index is -0.251. The molecule has 2 nitrogen and oxygen atoms in total. The van der Waals surface area contributed by atoms with Crippen LogP contribution in [0.15, 0.2) is 0 Å². The number of rotatable bonds is 5. The Morgan fingerprint density at radius 3 is 2.60 bits per heavy atom. The molecule has 0 saturated heterocycles. The van der Waals surface area contributed by atoms with Crippen molar-refractivity contribution in [1.82, 2.24) is 4.98 Å². The Bertz CT molecular complexity index is 313. The fourth-order valence-corrected chi connectivity index (χ4v) is 3.32. The SMILES string of the molecule is CCCc1nc(CSC)sc1C(C)(C)N. The molecule has 2 N–H and O–H groups in total. The van der Waals surface area contributed by atoms with E-state index in [1.54, 1.807) is 11.3 Å². The van der Waals surface area contributed by atoms with E-state index in [0.29, 0.717) is 0 Å². The monoisotopic (exact) mass is 244 g/mol. The average molecular weight is 244 g/mol. The van der Waals surface area contributed by atoms with Crippen molar-refractivity contribution in [1.29, 1.82) is 0 Å². The Kier molecular flexibility index (Phi) is 4.62. The zero-order valence-corrected chi connectivity index (χ0v) is 11.6. The molecule has 0 aliphatic carbocycles. The van der Waals surface area contributed by atoms with Gasteiger partial charge in [0.25, 0.3) is 0 Å². The summed E-state index contributed by atoms with van der Waals surface area (Å²) in [5.74, 6) is 0.997. The number of nitrogens with two attached hydrogens (primary N) is 1. The molecule has 0 saturated carbocycles. The molecule has 0 aromatic carbocycles. The predicted molar refractivity (Wildman–Crippen MR) is 70.5 cm³/mol. The van der Waals surface area contributed by atoms with E-state index in [-0.39, 0.29) is 5.54 Å². The molecule has 0 bridgehead atoms. The molecule has 1 heterocycles. The second-order valence-electron chi connectivity index (χ2n) is 4.29. The summed E-state index contributed by atoms with van der Waals surface area (Å²) in [4.78, 5) is 5.93. The van der Waals surface area contributed by atoms with E-state index in [4.69, 9.17) is 5.73 Å². The van der Waals surface area contributed by atoms with Crippen LogP contribution < -0.4 is 5.73 Å². The van der Waals surface area contributed by atoms with E-state index in [9.17, 15) is 0 Å². The molecular weight excluding hydrogens is 224 g/mol. The molecule has 4 heteroatoms. The van der Waals surface area contributed by atoms with Crippen molar-refractivity contribution >= 4 is 23.1 Å². The summed E-state index contributed by atoms with van der Waals surface area (Å²) in [5.41, 5.74) is 7.12. The normalized spacial score (nSPS) is 12.1. The van der Waals surface area contributed by atoms with Gasteiger partial charge in [0.15, 0.2) is 0 Å². The molecule has 1 rings (SSSR count). The molecule has 0 radical (unpaired) electrons. The number of thioether (sulfide) groups is 1. The minimum Gasteiger partial charge on any atom is -0.321 e. The molecular formula is C11H20N2S2. The van der Waals surface area contributed by atoms with Gasteiger partial charge in [-0.25, -0.2) is 4.98 Å². The van der Waals surface area contributed by atoms with Gasteiger partial charge in [0, 0.05) is 16.2 Å². The van der Waals surface area contributed by atoms with Gasteiger partial charge in [0.2, 0.25) is 0 Å². The summed E-state index contributed by atoms with van der Waals surface area (Å²) in [7, 11) is 0. The summed E-state index contributed by atoms with van der Waals surface area (Å²) in [6.45, 7) is 6.30. The highest BCUT2D eigenvalue weighted by Crippen LogP contribution is 2.30. The first-order chi connectivity index (χ1) is 6.99. The van der Waals surface area contributed by atoms with Gasteiger partial charge in [0.05, 0.1) is 5.69 Å². The van der Waals surface area contributed by atoms with Crippen LogP contribution in [-0.2, 0) is 17.7 Å². The van der Waals surface area contributed by atoms with Crippen LogP contribution in [0.2, 0.25) is 0 Å². The van der Waals surface area contributed by atoms with Crippen molar-refractivity contribution in [3.8, 4) is 0 Å². The predicted octanol–water partition coefficient (Wildman–Crippen LogP) is 3.15. The summed E-state index contributed by atoms with van der Waals surface area (Å²) >= 11 is 3.59. The molecule has 86 valence electrons. The molecule has 15 heavy (non-hydrogen) atoms. The van der Waals surface area contributed by atoms with Crippen LogP contribution in [0, 0.1) is 0 Å². The van der Waals surface area contributed by atoms with Gasteiger partial charge in [-0.3, -0.25) is 0 Å². The first kappa shape index (κ1) is 13.0. The van der Waals surface area contributed by atoms with E-state index in [2.05, 4.69) is 32.0 Å². The number of nitrogens with zero attached hydrogens (tertiary/aromatic N) is 1. The molecule has 1 aromatic heterocycles. The summed E-state index contributed by atoms with van der Waals surface area (Å²) in [6, 6.07) is 0. The third-order valence-corrected chi connectivity index (χ3v) is 4.26. The van der Waals surface area contributed by atoms with Gasteiger partial charge < -0.3 is 5.73 Å². The number of aryl methyl sites for hydroxylation is 1. The molecule has 0 aliphatic rings. The van der Waals surface area contributed by atoms with E-state index in [1.807, 2.05) is 11.8 Å². The smallest absolute Gasteiger partial charge is 0.103 e. The van der Waals surface area contributed by atoms with Crippen LogP contribution in [-0.4, -0.2) is 11.2 Å². The second-order valence-corrected chi connectivity index (χ2v) is 6.24. The number of aromatic nitrogens is 1. The Hall–Kier alpha value is -0.0600. The van der Waals surface area contributed by atoms with Gasteiger partial charge in [-0.15, -0.1) is 11.3 Å². The number of thiazole rings is 1. The summed E-state index contributed by atoms with van der Waals surface area (Å²) in [6.07, 6.45) is 4.28. The topological polar surface area (TPSA) is 38.9 Å². The van der Waals surface area contributed by atoms with Gasteiger partial charge in [0.1, 0.15) is 5.01 Å². The maximum Gasteiger partial charge on any atom is 0.103 e. The van der Waals surface area contributed by atoms with Crippen molar-refractivity contribution in [3.63, 3.8) is 0 Å². The fourth-order valence-electron chi connectivity index (χ4n) is 1.50. The van der Waals surface area contributed by atoms with Crippen LogP contribution in [0.25, 0.3) is 0 Å². The molecule has 0 unspecified atom stereocenters. The van der Waals surface area contributed by atoms with Crippen LogP contribution in [0.1, 0.15) is 42.8 Å². The number of hydrogen-bond donors (Lipinski definition) is 1. The molecule has 0 amide bonds. The Morgan fingerprint density at radius 2 is 2.13 bits per heavy atom. The fraction of sp³-hybridized carbons (Fsp3) is 0.727. The molecule has 0 fully saturated rings. The highest BCUT2D eigenvalue weighted by Gasteiger charge is 2.22. The number of hydrogen-bond acceptors (Lipinski definition) is 4. The van der Waals surface area contributed by atoms with E-state index < -0.39 is 0 Å². The lowest BCUT2D eigenvalue weighted by Gasteiger charge is -2.17. The first-order valence-corrected chi connectivity index (χ1v) is 7.47. The van der Waals surface area contributed by atoms with Gasteiger partial charge in [-0.05, 0) is 26.5 Å². The van der Waals surface area contributed by atoms with Crippen LogP contribution in [0.3, 0.4) is 0 Å². The quantitative estimate of drug-likeness (QED) is 0.865. The van der Waals surface area contributed by atoms with Crippen molar-refractivity contribution in [2.24, 2.45) is 5.73 Å². The van der Waals surface area contributed by atoms with Gasteiger partial charge in [-0.2, -0.15) is 11.8 Å². The van der Waals surface area contributed by atoms with E-state index >= 15 is 0 Å². The molecule has 0 atom stereocenters. The maximum absolute atomic E-state index is 6.16. The summed E-state index contributed by atoms with van der Waals surface area (Å²) < 4.78 is 0. The van der Waals surface area contributed by atoms with E-state index in [0.717, 1.165) is 18.6 Å². The zero-order chi connectivity index (χ0) is 11.5. The average Bonchev–Trinajstić information content (AvgIpc) is 2.49. The third kappa shape index (κ3) is 3.47. The van der Waals surface area contributed by atoms with Crippen LogP contribution in [0.4, 0.5) is 0 Å². The third-order valence-electron chi connectivity index (χ3n) is 2.08. The lowest BCUT2D eigenvalue weighted by atomic mass is 10.0. The summed E-state index contributed by atoms with van der Waals surface area (Å²) in [5, 5.41) is 1.21. The second kappa shape index (κ2) is 5.32. The van der Waals surface area contributed by atoms with Crippen molar-refractivity contribution in [2.45, 2.75) is 44.9 Å². The Labute approximate surface area is 101 Å². The van der Waals surface area contributed by atoms with E-state index in [1.165, 1.54) is 15.6 Å². The van der Waals surface area contributed by atoms with Crippen molar-refractivity contribution in [2.75, 3.05) is 6.26 Å². The Morgan fingerprint density at radius 1 is 1.47 bits per heavy atom. The van der Waals surface area contributed by atoms with Crippen LogP contribution >= 0.6 is 23.1 Å². The van der Waals surface area contributed by atoms with Gasteiger partial charge in [-0.1, -0.05) is 13.3 Å². The highest BCUT2D eigenvalue weighted by atomic mass is 32.2. The lowest BCUT2D eigenvalue weighted by Crippen LogP contribution is -2.28. The highest BCUT2D eigenvalue weighted by molar-refractivity contribution is 7.97. The Balaban J connectivity index is 3.00. The zero-order valence-electron chi connectivity index (χ0n) is 9.96. The van der Waals surface area contributed by atoms with Crippen molar-refractivity contribution < 1.29 is 0 Å². The minimum absolute atomic E-state index is 0.251.